The maximum Gasteiger partial charge on any atom is 0.230 e. The van der Waals surface area contributed by atoms with E-state index in [1.807, 2.05) is 35.3 Å². The molecule has 2 bridgehead atoms. The predicted molar refractivity (Wildman–Crippen MR) is 116 cm³/mol. The van der Waals surface area contributed by atoms with Gasteiger partial charge in [0.25, 0.3) is 0 Å². The van der Waals surface area contributed by atoms with Gasteiger partial charge in [0.15, 0.2) is 0 Å². The minimum atomic E-state index is -0.689. The smallest absolute Gasteiger partial charge is 0.230 e. The lowest BCUT2D eigenvalue weighted by molar-refractivity contribution is -0.142. The summed E-state index contributed by atoms with van der Waals surface area (Å²) in [5.41, 5.74) is 3.61. The van der Waals surface area contributed by atoms with Crippen LogP contribution in [0.15, 0.2) is 54.7 Å². The van der Waals surface area contributed by atoms with E-state index in [2.05, 4.69) is 37.0 Å². The molecule has 0 unspecified atom stereocenters. The van der Waals surface area contributed by atoms with Crippen LogP contribution in [0, 0.1) is 25.7 Å². The topological polar surface area (TPSA) is 62.7 Å². The van der Waals surface area contributed by atoms with Gasteiger partial charge in [-0.05, 0) is 37.1 Å². The zero-order chi connectivity index (χ0) is 21.8. The molecule has 2 amide bonds. The lowest BCUT2D eigenvalue weighted by Gasteiger charge is -2.27. The highest BCUT2D eigenvalue weighted by Gasteiger charge is 2.67. The quantitative estimate of drug-likeness (QED) is 0.702. The van der Waals surface area contributed by atoms with Gasteiger partial charge in [-0.2, -0.15) is 0 Å². The second-order valence-corrected chi connectivity index (χ2v) is 9.04. The number of likely N-dealkylation sites (tertiary alicyclic amines) is 1. The Morgan fingerprint density at radius 1 is 1.29 bits per heavy atom. The zero-order valence-electron chi connectivity index (χ0n) is 18.1. The number of aryl methyl sites for hydroxylation is 2. The summed E-state index contributed by atoms with van der Waals surface area (Å²) < 4.78 is 6.27. The molecule has 4 atom stereocenters. The molecule has 1 aromatic heterocycles. The highest BCUT2D eigenvalue weighted by atomic mass is 16.5. The molecular weight excluding hydrogens is 390 g/mol. The summed E-state index contributed by atoms with van der Waals surface area (Å²) >= 11 is 0. The van der Waals surface area contributed by atoms with Gasteiger partial charge in [0.1, 0.15) is 5.60 Å². The molecule has 0 saturated carbocycles. The molecule has 2 fully saturated rings. The number of ether oxygens (including phenoxy) is 1. The summed E-state index contributed by atoms with van der Waals surface area (Å²) in [6.45, 7) is 5.56. The maximum atomic E-state index is 13.5. The van der Waals surface area contributed by atoms with Crippen LogP contribution < -0.4 is 0 Å². The first kappa shape index (κ1) is 19.9. The summed E-state index contributed by atoms with van der Waals surface area (Å²) in [7, 11) is 1.77. The monoisotopic (exact) mass is 417 g/mol. The fraction of sp³-hybridized carbons (Fsp3) is 0.400. The van der Waals surface area contributed by atoms with E-state index in [1.54, 1.807) is 18.1 Å². The van der Waals surface area contributed by atoms with Gasteiger partial charge in [-0.25, -0.2) is 0 Å². The number of aromatic nitrogens is 1. The standard InChI is InChI=1S/C25H27N3O3/c1-16-7-8-17(2)18(12-16)13-28-15-25-10-9-20(31-25)21(22(25)24(28)30)23(29)27(3)14-19-6-4-5-11-26-19/h4-12,20-22H,13-15H2,1-3H3/t20-,21+,22+,25-/m0/s1. The lowest BCUT2D eigenvalue weighted by atomic mass is 9.76. The lowest BCUT2D eigenvalue weighted by Crippen LogP contribution is -2.44. The molecule has 2 aromatic rings. The Morgan fingerprint density at radius 2 is 2.13 bits per heavy atom. The molecule has 5 rings (SSSR count). The molecule has 3 aliphatic heterocycles. The molecule has 6 nitrogen and oxygen atoms in total. The number of benzene rings is 1. The molecule has 31 heavy (non-hydrogen) atoms. The Morgan fingerprint density at radius 3 is 2.90 bits per heavy atom. The number of hydrogen-bond donors (Lipinski definition) is 0. The van der Waals surface area contributed by atoms with Crippen LogP contribution >= 0.6 is 0 Å². The van der Waals surface area contributed by atoms with E-state index in [-0.39, 0.29) is 17.9 Å². The first-order chi connectivity index (χ1) is 14.9. The maximum absolute atomic E-state index is 13.5. The van der Waals surface area contributed by atoms with Crippen molar-refractivity contribution in [2.24, 2.45) is 11.8 Å². The number of fused-ring (bicyclic) bond motifs is 1. The Kier molecular flexibility index (Phi) is 4.70. The van der Waals surface area contributed by atoms with Crippen molar-refractivity contribution in [1.29, 1.82) is 0 Å². The Balaban J connectivity index is 1.37. The average Bonchev–Trinajstić information content (AvgIpc) is 3.39. The van der Waals surface area contributed by atoms with Gasteiger partial charge < -0.3 is 14.5 Å². The van der Waals surface area contributed by atoms with Gasteiger partial charge in [-0.15, -0.1) is 0 Å². The molecule has 1 spiro atoms. The van der Waals surface area contributed by atoms with Crippen LogP contribution in [-0.2, 0) is 27.4 Å². The second-order valence-electron chi connectivity index (χ2n) is 9.04. The zero-order valence-corrected chi connectivity index (χ0v) is 18.1. The van der Waals surface area contributed by atoms with Crippen molar-refractivity contribution in [3.05, 3.63) is 77.1 Å². The largest absolute Gasteiger partial charge is 0.360 e. The van der Waals surface area contributed by atoms with Gasteiger partial charge in [-0.3, -0.25) is 14.6 Å². The number of amides is 2. The summed E-state index contributed by atoms with van der Waals surface area (Å²) in [6.07, 6.45) is 5.35. The van der Waals surface area contributed by atoms with Crippen molar-refractivity contribution in [3.8, 4) is 0 Å². The van der Waals surface area contributed by atoms with Crippen LogP contribution in [0.3, 0.4) is 0 Å². The van der Waals surface area contributed by atoms with E-state index in [0.29, 0.717) is 19.6 Å². The third-order valence-electron chi connectivity index (χ3n) is 6.83. The molecule has 1 aromatic carbocycles. The molecule has 0 N–H and O–H groups in total. The van der Waals surface area contributed by atoms with E-state index >= 15 is 0 Å². The van der Waals surface area contributed by atoms with E-state index in [1.165, 1.54) is 5.56 Å². The third-order valence-corrected chi connectivity index (χ3v) is 6.83. The number of rotatable bonds is 5. The minimum Gasteiger partial charge on any atom is -0.360 e. The van der Waals surface area contributed by atoms with Crippen molar-refractivity contribution in [1.82, 2.24) is 14.8 Å². The van der Waals surface area contributed by atoms with Gasteiger partial charge in [-0.1, -0.05) is 42.0 Å². The summed E-state index contributed by atoms with van der Waals surface area (Å²) in [5.74, 6) is -1.01. The van der Waals surface area contributed by atoms with Crippen molar-refractivity contribution in [3.63, 3.8) is 0 Å². The normalized spacial score (nSPS) is 28.3. The van der Waals surface area contributed by atoms with Gasteiger partial charge in [0.2, 0.25) is 11.8 Å². The first-order valence-electron chi connectivity index (χ1n) is 10.7. The Bertz CT molecular complexity index is 1070. The van der Waals surface area contributed by atoms with E-state index in [4.69, 9.17) is 4.74 Å². The molecule has 6 heteroatoms. The average molecular weight is 418 g/mol. The summed E-state index contributed by atoms with van der Waals surface area (Å²) in [6, 6.07) is 12.0. The second kappa shape index (κ2) is 7.31. The number of carbonyl (C=O) groups is 2. The van der Waals surface area contributed by atoms with E-state index in [0.717, 1.165) is 16.8 Å². The molecule has 0 radical (unpaired) electrons. The Hall–Kier alpha value is -2.99. The van der Waals surface area contributed by atoms with Crippen LogP contribution in [-0.4, -0.2) is 51.9 Å². The molecule has 160 valence electrons. The van der Waals surface area contributed by atoms with Crippen molar-refractivity contribution in [2.75, 3.05) is 13.6 Å². The van der Waals surface area contributed by atoms with Crippen LogP contribution in [0.25, 0.3) is 0 Å². The van der Waals surface area contributed by atoms with Crippen molar-refractivity contribution >= 4 is 11.8 Å². The fourth-order valence-corrected chi connectivity index (χ4v) is 5.24. The van der Waals surface area contributed by atoms with E-state index < -0.39 is 17.4 Å². The third kappa shape index (κ3) is 3.26. The summed E-state index contributed by atoms with van der Waals surface area (Å²) in [4.78, 5) is 34.7. The number of carbonyl (C=O) groups excluding carboxylic acids is 2. The molecule has 2 saturated heterocycles. The predicted octanol–water partition coefficient (Wildman–Crippen LogP) is 2.64. The Labute approximate surface area is 182 Å². The highest BCUT2D eigenvalue weighted by Crippen LogP contribution is 2.52. The van der Waals surface area contributed by atoms with Crippen molar-refractivity contribution < 1.29 is 14.3 Å². The molecule has 4 heterocycles. The van der Waals surface area contributed by atoms with Gasteiger partial charge >= 0.3 is 0 Å². The SMILES string of the molecule is Cc1ccc(C)c(CN2C[C@]34C=C[C@H](O3)[C@@H](C(=O)N(C)Cc3ccccn3)[C@@H]4C2=O)c1. The molecular formula is C25H27N3O3. The van der Waals surface area contributed by atoms with Crippen LogP contribution in [0.5, 0.6) is 0 Å². The molecule has 3 aliphatic rings. The minimum absolute atomic E-state index is 0.0114. The highest BCUT2D eigenvalue weighted by molar-refractivity contribution is 5.93. The van der Waals surface area contributed by atoms with Gasteiger partial charge in [0.05, 0.1) is 36.7 Å². The number of hydrogen-bond acceptors (Lipinski definition) is 4. The van der Waals surface area contributed by atoms with Gasteiger partial charge in [0, 0.05) is 19.8 Å². The van der Waals surface area contributed by atoms with Crippen LogP contribution in [0.4, 0.5) is 0 Å². The number of nitrogens with zero attached hydrogens (tertiary/aromatic N) is 3. The molecule has 0 aliphatic carbocycles. The fourth-order valence-electron chi connectivity index (χ4n) is 5.24. The van der Waals surface area contributed by atoms with Crippen LogP contribution in [0.1, 0.15) is 22.4 Å². The number of pyridine rings is 1. The van der Waals surface area contributed by atoms with Crippen molar-refractivity contribution in [2.45, 2.75) is 38.6 Å². The summed E-state index contributed by atoms with van der Waals surface area (Å²) in [5, 5.41) is 0. The van der Waals surface area contributed by atoms with E-state index in [9.17, 15) is 9.59 Å². The first-order valence-corrected chi connectivity index (χ1v) is 10.7. The van der Waals surface area contributed by atoms with Crippen LogP contribution in [0.2, 0.25) is 0 Å².